The van der Waals surface area contributed by atoms with Crippen molar-refractivity contribution in [3.8, 4) is 0 Å². The molecule has 1 atom stereocenters. The summed E-state index contributed by atoms with van der Waals surface area (Å²) in [5.41, 5.74) is 2.24. The van der Waals surface area contributed by atoms with Gasteiger partial charge >= 0.3 is 0 Å². The van der Waals surface area contributed by atoms with Crippen molar-refractivity contribution in [2.24, 2.45) is 0 Å². The minimum absolute atomic E-state index is 0.0713. The van der Waals surface area contributed by atoms with Gasteiger partial charge in [0.25, 0.3) is 0 Å². The maximum absolute atomic E-state index is 14.2. The van der Waals surface area contributed by atoms with E-state index in [9.17, 15) is 14.0 Å². The number of carbonyl (C=O) groups is 2. The van der Waals surface area contributed by atoms with Crippen LogP contribution in [-0.2, 0) is 28.3 Å². The molecule has 0 unspecified atom stereocenters. The third-order valence-corrected chi connectivity index (χ3v) is 7.33. The van der Waals surface area contributed by atoms with Crippen molar-refractivity contribution in [2.75, 3.05) is 5.75 Å². The van der Waals surface area contributed by atoms with Crippen molar-refractivity contribution in [1.82, 2.24) is 10.2 Å². The maximum Gasteiger partial charge on any atom is 0.243 e. The molecule has 0 aliphatic rings. The lowest BCUT2D eigenvalue weighted by Crippen LogP contribution is -2.52. The molecule has 3 aromatic carbocycles. The number of hydrogen-bond donors (Lipinski definition) is 1. The second kappa shape index (κ2) is 13.8. The van der Waals surface area contributed by atoms with Gasteiger partial charge in [-0.2, -0.15) is 0 Å². The van der Waals surface area contributed by atoms with Gasteiger partial charge in [0.15, 0.2) is 0 Å². The van der Waals surface area contributed by atoms with Gasteiger partial charge in [0.05, 0.1) is 5.75 Å². The zero-order chi connectivity index (χ0) is 26.1. The molecule has 4 nitrogen and oxygen atoms in total. The lowest BCUT2D eigenvalue weighted by Gasteiger charge is -2.32. The van der Waals surface area contributed by atoms with E-state index in [1.54, 1.807) is 17.0 Å². The number of rotatable bonds is 11. The Morgan fingerprint density at radius 2 is 1.69 bits per heavy atom. The largest absolute Gasteiger partial charge is 0.352 e. The molecule has 0 saturated heterocycles. The van der Waals surface area contributed by atoms with Crippen LogP contribution in [0.2, 0.25) is 5.02 Å². The molecule has 0 aliphatic heterocycles. The first-order valence-electron chi connectivity index (χ1n) is 11.6. The molecule has 190 valence electrons. The van der Waals surface area contributed by atoms with Gasteiger partial charge in [-0.15, -0.1) is 11.8 Å². The minimum atomic E-state index is -0.705. The molecule has 3 aromatic rings. The molecule has 8 heteroatoms. The monoisotopic (exact) mass is 590 g/mol. The topological polar surface area (TPSA) is 49.4 Å². The summed E-state index contributed by atoms with van der Waals surface area (Å²) in [7, 11) is 0. The van der Waals surface area contributed by atoms with Gasteiger partial charge < -0.3 is 10.2 Å². The molecule has 2 amide bonds. The van der Waals surface area contributed by atoms with Crippen LogP contribution in [0, 0.1) is 5.82 Å². The summed E-state index contributed by atoms with van der Waals surface area (Å²) in [6.45, 7) is 4.06. The SMILES string of the molecule is CC(C)NC(=O)[C@H](Cc1ccccc1)N(Cc1ccc(Br)cc1)C(=O)CSCc1c(F)cccc1Cl. The third-order valence-electron chi connectivity index (χ3n) is 5.50. The van der Waals surface area contributed by atoms with E-state index in [2.05, 4.69) is 21.2 Å². The van der Waals surface area contributed by atoms with Gasteiger partial charge in [0.2, 0.25) is 11.8 Å². The summed E-state index contributed by atoms with van der Waals surface area (Å²) in [6, 6.07) is 21.1. The van der Waals surface area contributed by atoms with Crippen LogP contribution in [0.4, 0.5) is 4.39 Å². The normalized spacial score (nSPS) is 11.8. The number of nitrogens with zero attached hydrogens (tertiary/aromatic N) is 1. The number of halogens is 3. The number of nitrogens with one attached hydrogen (secondary N) is 1. The second-order valence-electron chi connectivity index (χ2n) is 8.71. The molecule has 0 spiro atoms. The molecule has 0 heterocycles. The van der Waals surface area contributed by atoms with Crippen LogP contribution in [0.25, 0.3) is 0 Å². The summed E-state index contributed by atoms with van der Waals surface area (Å²) in [4.78, 5) is 28.6. The Morgan fingerprint density at radius 3 is 2.33 bits per heavy atom. The fourth-order valence-electron chi connectivity index (χ4n) is 3.71. The van der Waals surface area contributed by atoms with Gasteiger partial charge in [-0.05, 0) is 49.2 Å². The Balaban J connectivity index is 1.86. The first-order chi connectivity index (χ1) is 17.2. The molecule has 1 N–H and O–H groups in total. The average Bonchev–Trinajstić information content (AvgIpc) is 2.84. The molecule has 0 aliphatic carbocycles. The van der Waals surface area contributed by atoms with Crippen molar-refractivity contribution >= 4 is 51.1 Å². The van der Waals surface area contributed by atoms with Crippen LogP contribution in [0.5, 0.6) is 0 Å². The van der Waals surface area contributed by atoms with Crippen LogP contribution >= 0.6 is 39.3 Å². The van der Waals surface area contributed by atoms with E-state index in [0.29, 0.717) is 17.0 Å². The summed E-state index contributed by atoms with van der Waals surface area (Å²) >= 11 is 10.9. The van der Waals surface area contributed by atoms with Crippen molar-refractivity contribution in [3.05, 3.63) is 105 Å². The van der Waals surface area contributed by atoms with Gasteiger partial charge in [0.1, 0.15) is 11.9 Å². The highest BCUT2D eigenvalue weighted by Gasteiger charge is 2.30. The Bertz CT molecular complexity index is 1140. The van der Waals surface area contributed by atoms with Crippen molar-refractivity contribution in [1.29, 1.82) is 0 Å². The summed E-state index contributed by atoms with van der Waals surface area (Å²) in [5, 5.41) is 3.31. The average molecular weight is 592 g/mol. The van der Waals surface area contributed by atoms with Crippen LogP contribution in [0.15, 0.2) is 77.3 Å². The van der Waals surface area contributed by atoms with Crippen LogP contribution in [0.1, 0.15) is 30.5 Å². The Morgan fingerprint density at radius 1 is 1.00 bits per heavy atom. The highest BCUT2D eigenvalue weighted by atomic mass is 79.9. The standard InChI is InChI=1S/C28H29BrClFN2O2S/c1-19(2)32-28(35)26(15-20-7-4-3-5-8-20)33(16-21-11-13-22(29)14-12-21)27(34)18-36-17-23-24(30)9-6-10-25(23)31/h3-14,19,26H,15-18H2,1-2H3,(H,32,35)/t26-/m0/s1. The number of benzene rings is 3. The molecular weight excluding hydrogens is 563 g/mol. The van der Waals surface area contributed by atoms with Gasteiger partial charge in [-0.25, -0.2) is 4.39 Å². The molecule has 0 bridgehead atoms. The predicted octanol–water partition coefficient (Wildman–Crippen LogP) is 6.64. The maximum atomic E-state index is 14.2. The molecule has 0 fully saturated rings. The number of hydrogen-bond acceptors (Lipinski definition) is 3. The minimum Gasteiger partial charge on any atom is -0.352 e. The Hall–Kier alpha value is -2.35. The van der Waals surface area contributed by atoms with Crippen LogP contribution in [0.3, 0.4) is 0 Å². The smallest absolute Gasteiger partial charge is 0.243 e. The summed E-state index contributed by atoms with van der Waals surface area (Å²) in [6.07, 6.45) is 0.380. The molecule has 3 rings (SSSR count). The quantitative estimate of drug-likeness (QED) is 0.272. The second-order valence-corrected chi connectivity index (χ2v) is 11.0. The zero-order valence-corrected chi connectivity index (χ0v) is 23.4. The molecule has 36 heavy (non-hydrogen) atoms. The van der Waals surface area contributed by atoms with E-state index in [0.717, 1.165) is 15.6 Å². The highest BCUT2D eigenvalue weighted by molar-refractivity contribution is 9.10. The van der Waals surface area contributed by atoms with E-state index in [1.807, 2.05) is 68.4 Å². The van der Waals surface area contributed by atoms with E-state index >= 15 is 0 Å². The molecule has 0 saturated carbocycles. The van der Waals surface area contributed by atoms with Gasteiger partial charge in [-0.1, -0.05) is 76.1 Å². The van der Waals surface area contributed by atoms with E-state index < -0.39 is 11.9 Å². The fourth-order valence-corrected chi connectivity index (χ4v) is 5.23. The van der Waals surface area contributed by atoms with Crippen molar-refractivity contribution in [3.63, 3.8) is 0 Å². The van der Waals surface area contributed by atoms with E-state index in [1.165, 1.54) is 17.8 Å². The fraction of sp³-hybridized carbons (Fsp3) is 0.286. The number of carbonyl (C=O) groups excluding carboxylic acids is 2. The predicted molar refractivity (Wildman–Crippen MR) is 149 cm³/mol. The van der Waals surface area contributed by atoms with E-state index in [4.69, 9.17) is 11.6 Å². The van der Waals surface area contributed by atoms with Crippen molar-refractivity contribution in [2.45, 2.75) is 44.6 Å². The van der Waals surface area contributed by atoms with Gasteiger partial charge in [-0.3, -0.25) is 9.59 Å². The zero-order valence-electron chi connectivity index (χ0n) is 20.2. The molecule has 0 radical (unpaired) electrons. The molecular formula is C28H29BrClFN2O2S. The summed E-state index contributed by atoms with van der Waals surface area (Å²) in [5.74, 6) is -0.462. The van der Waals surface area contributed by atoms with Gasteiger partial charge in [0, 0.05) is 39.8 Å². The number of amides is 2. The van der Waals surface area contributed by atoms with Crippen LogP contribution < -0.4 is 5.32 Å². The van der Waals surface area contributed by atoms with Crippen LogP contribution in [-0.4, -0.2) is 34.6 Å². The first kappa shape index (κ1) is 28.2. The Labute approximate surface area is 229 Å². The lowest BCUT2D eigenvalue weighted by atomic mass is 10.0. The molecule has 0 aromatic heterocycles. The highest BCUT2D eigenvalue weighted by Crippen LogP contribution is 2.25. The number of thioether (sulfide) groups is 1. The van der Waals surface area contributed by atoms with Crippen molar-refractivity contribution < 1.29 is 14.0 Å². The lowest BCUT2D eigenvalue weighted by molar-refractivity contribution is -0.139. The summed E-state index contributed by atoms with van der Waals surface area (Å²) < 4.78 is 15.1. The Kier molecular flexibility index (Phi) is 10.8. The third kappa shape index (κ3) is 8.36. The van der Waals surface area contributed by atoms with E-state index in [-0.39, 0.29) is 35.9 Å². The first-order valence-corrected chi connectivity index (χ1v) is 14.0.